The van der Waals surface area contributed by atoms with Gasteiger partial charge in [0.1, 0.15) is 0 Å². The molecule has 0 N–H and O–H groups in total. The lowest BCUT2D eigenvalue weighted by Gasteiger charge is -2.21. The highest BCUT2D eigenvalue weighted by atomic mass is 14.2. The fourth-order valence-electron chi connectivity index (χ4n) is 13.3. The molecule has 0 aliphatic heterocycles. The molecule has 0 aromatic heterocycles. The molecule has 498 valence electrons. The number of aryl methyl sites for hydroxylation is 5. The van der Waals surface area contributed by atoms with Gasteiger partial charge in [-0.1, -0.05) is 434 Å². The maximum absolute atomic E-state index is 2.36. The van der Waals surface area contributed by atoms with Gasteiger partial charge < -0.3 is 0 Å². The smallest absolute Gasteiger partial charge is 0.00112 e. The highest BCUT2D eigenvalue weighted by Crippen LogP contribution is 2.49. The van der Waals surface area contributed by atoms with E-state index in [-0.39, 0.29) is 0 Å². The summed E-state index contributed by atoms with van der Waals surface area (Å²) in [6.45, 7) is 22.6. The second-order valence-corrected chi connectivity index (χ2v) is 24.5. The van der Waals surface area contributed by atoms with Crippen LogP contribution in [0, 0.1) is 34.6 Å². The summed E-state index contributed by atoms with van der Waals surface area (Å²) in [6.07, 6.45) is 0. The Labute approximate surface area is 599 Å². The van der Waals surface area contributed by atoms with E-state index in [0.29, 0.717) is 0 Å². The third-order valence-electron chi connectivity index (χ3n) is 17.9. The molecule has 0 aliphatic carbocycles. The van der Waals surface area contributed by atoms with Crippen molar-refractivity contribution in [1.82, 2.24) is 0 Å². The maximum atomic E-state index is 2.36. The van der Waals surface area contributed by atoms with Crippen molar-refractivity contribution in [3.8, 4) is 0 Å². The summed E-state index contributed by atoms with van der Waals surface area (Å²) in [7, 11) is 0. The van der Waals surface area contributed by atoms with E-state index in [9.17, 15) is 0 Å². The third kappa shape index (κ3) is 17.2. The molecule has 0 atom stereocenters. The molecule has 20 rings (SSSR count). The van der Waals surface area contributed by atoms with Crippen LogP contribution < -0.4 is 0 Å². The van der Waals surface area contributed by atoms with Crippen LogP contribution in [-0.4, -0.2) is 0 Å². The molecule has 0 spiro atoms. The first kappa shape index (κ1) is 72.1. The van der Waals surface area contributed by atoms with Gasteiger partial charge in [0.25, 0.3) is 0 Å². The van der Waals surface area contributed by atoms with Crippen LogP contribution in [0.4, 0.5) is 0 Å². The zero-order chi connectivity index (χ0) is 70.9. The minimum Gasteiger partial charge on any atom is -0.0683 e. The van der Waals surface area contributed by atoms with E-state index >= 15 is 0 Å². The van der Waals surface area contributed by atoms with Crippen LogP contribution in [0.15, 0.2) is 370 Å². The number of hydrogen-bond donors (Lipinski definition) is 0. The zero-order valence-corrected chi connectivity index (χ0v) is 60.7. The number of rotatable bonds is 0. The summed E-state index contributed by atoms with van der Waals surface area (Å²) in [6, 6.07) is 130. The molecule has 20 aromatic rings. The second kappa shape index (κ2) is 36.2. The standard InChI is InChI=1S/C25H14.C18H12.C14H10.C10H8.4C7H8.3C2H6/c1-13-12-18-9-8-16-5-3-14-2-4-15-6-7-17-10-11-19(13)25-23(17)21(15)20(14)22(16)24(18)25;1-2-8-14-13(7-1)15-9-3-4-11-17(15)18-12-6-5-10-16(14)18;1-3-7-13-11(5-1)9-10-12-6-2-4-8-14(12)13;1-2-6-10-8-4-3-7-9(10)5-1;4*1-7-5-3-2-4-6-7;3*1-2/h2-12H,1H3;1-12H;1-10H;1-8H;4*2-6H,1H3;3*1-2H3. The zero-order valence-electron chi connectivity index (χ0n) is 60.7. The molecular weight excluding hydrogens is 1210 g/mol. The summed E-state index contributed by atoms with van der Waals surface area (Å²) < 4.78 is 0. The van der Waals surface area contributed by atoms with E-state index in [1.165, 1.54) is 157 Å². The van der Waals surface area contributed by atoms with Crippen LogP contribution in [0.3, 0.4) is 0 Å². The second-order valence-electron chi connectivity index (χ2n) is 24.5. The SMILES string of the molecule is CC.CC.CC.Cc1cc2ccc3ccc4ccc5ccc6ccc1c1c6c5c4c3c21.Cc1ccccc1.Cc1ccccc1.Cc1ccccc1.Cc1ccccc1.c1ccc2c(c1)c1ccccc1c1ccccc21.c1ccc2c(c1)ccc1ccccc12.c1ccc2ccccc2c1. The normalized spacial score (nSPS) is 10.3. The molecular formula is C101H94. The molecule has 0 bridgehead atoms. The van der Waals surface area contributed by atoms with Crippen LogP contribution in [0.5, 0.6) is 0 Å². The van der Waals surface area contributed by atoms with Crippen molar-refractivity contribution in [1.29, 1.82) is 0 Å². The molecule has 0 fully saturated rings. The number of benzene rings is 20. The lowest BCUT2D eigenvalue weighted by Crippen LogP contribution is -1.93. The number of hydrogen-bond acceptors (Lipinski definition) is 0. The van der Waals surface area contributed by atoms with Gasteiger partial charge in [0.05, 0.1) is 0 Å². The first-order valence-corrected chi connectivity index (χ1v) is 36.0. The predicted octanol–water partition coefficient (Wildman–Crippen LogP) is 30.3. The summed E-state index contributed by atoms with van der Waals surface area (Å²) >= 11 is 0. The van der Waals surface area contributed by atoms with Crippen molar-refractivity contribution in [3.63, 3.8) is 0 Å². The Kier molecular flexibility index (Phi) is 25.8. The van der Waals surface area contributed by atoms with E-state index in [0.717, 1.165) is 0 Å². The molecule has 0 heterocycles. The van der Waals surface area contributed by atoms with Crippen LogP contribution in [-0.2, 0) is 0 Å². The quantitative estimate of drug-likeness (QED) is 0.105. The summed E-state index contributed by atoms with van der Waals surface area (Å²) in [5.74, 6) is 0. The highest BCUT2D eigenvalue weighted by molar-refractivity contribution is 6.44. The van der Waals surface area contributed by atoms with Gasteiger partial charge in [-0.05, 0) is 169 Å². The fraction of sp³-hybridized carbons (Fsp3) is 0.109. The monoisotopic (exact) mass is 1310 g/mol. The third-order valence-corrected chi connectivity index (χ3v) is 17.9. The Morgan fingerprint density at radius 3 is 0.574 bits per heavy atom. The Morgan fingerprint density at radius 2 is 0.317 bits per heavy atom. The van der Waals surface area contributed by atoms with Gasteiger partial charge in [0.15, 0.2) is 0 Å². The van der Waals surface area contributed by atoms with E-state index in [1.54, 1.807) is 0 Å². The predicted molar refractivity (Wildman–Crippen MR) is 453 cm³/mol. The van der Waals surface area contributed by atoms with Gasteiger partial charge in [-0.25, -0.2) is 0 Å². The molecule has 0 saturated heterocycles. The van der Waals surface area contributed by atoms with Gasteiger partial charge in [-0.2, -0.15) is 0 Å². The molecule has 101 heavy (non-hydrogen) atoms. The highest BCUT2D eigenvalue weighted by Gasteiger charge is 2.20. The summed E-state index contributed by atoms with van der Waals surface area (Å²) in [5.41, 5.74) is 6.65. The minimum absolute atomic E-state index is 1.31. The van der Waals surface area contributed by atoms with Gasteiger partial charge in [0, 0.05) is 0 Å². The van der Waals surface area contributed by atoms with Crippen molar-refractivity contribution in [2.24, 2.45) is 0 Å². The van der Waals surface area contributed by atoms with Crippen LogP contribution in [0.1, 0.15) is 69.4 Å². The van der Waals surface area contributed by atoms with Crippen molar-refractivity contribution in [2.45, 2.75) is 76.2 Å². The van der Waals surface area contributed by atoms with Gasteiger partial charge >= 0.3 is 0 Å². The van der Waals surface area contributed by atoms with Crippen LogP contribution in [0.2, 0.25) is 0 Å². The van der Waals surface area contributed by atoms with Crippen molar-refractivity contribution >= 4 is 129 Å². The van der Waals surface area contributed by atoms with Gasteiger partial charge in [0.2, 0.25) is 0 Å². The van der Waals surface area contributed by atoms with Gasteiger partial charge in [-0.15, -0.1) is 0 Å². The minimum atomic E-state index is 1.31. The topological polar surface area (TPSA) is 0 Å². The molecule has 0 amide bonds. The maximum Gasteiger partial charge on any atom is -0.00112 e. The average molecular weight is 1310 g/mol. The summed E-state index contributed by atoms with van der Waals surface area (Å²) in [4.78, 5) is 0. The average Bonchev–Trinajstić information content (AvgIpc) is 0.688. The number of fused-ring (bicyclic) bond motifs is 10. The lowest BCUT2D eigenvalue weighted by molar-refractivity contribution is 1.48. The Hall–Kier alpha value is -11.7. The molecule has 0 nitrogen and oxygen atoms in total. The Balaban J connectivity index is 0.000000129. The van der Waals surface area contributed by atoms with E-state index in [2.05, 4.69) is 332 Å². The van der Waals surface area contributed by atoms with E-state index in [1.807, 2.05) is 114 Å². The fourth-order valence-corrected chi connectivity index (χ4v) is 13.3. The molecule has 0 heteroatoms. The van der Waals surface area contributed by atoms with Crippen molar-refractivity contribution in [3.05, 3.63) is 398 Å². The van der Waals surface area contributed by atoms with Gasteiger partial charge in [-0.3, -0.25) is 0 Å². The van der Waals surface area contributed by atoms with Crippen molar-refractivity contribution in [2.75, 3.05) is 0 Å². The molecule has 20 aromatic carbocycles. The van der Waals surface area contributed by atoms with E-state index < -0.39 is 0 Å². The Morgan fingerprint density at radius 1 is 0.129 bits per heavy atom. The first-order chi connectivity index (χ1) is 49.8. The lowest BCUT2D eigenvalue weighted by atomic mass is 9.82. The first-order valence-electron chi connectivity index (χ1n) is 36.0. The van der Waals surface area contributed by atoms with Crippen LogP contribution in [0.25, 0.3) is 129 Å². The van der Waals surface area contributed by atoms with E-state index in [4.69, 9.17) is 0 Å². The molecule has 0 unspecified atom stereocenters. The largest absolute Gasteiger partial charge is 0.0683 e. The molecule has 0 aliphatic rings. The molecule has 0 radical (unpaired) electrons. The van der Waals surface area contributed by atoms with Crippen LogP contribution >= 0.6 is 0 Å². The molecule has 0 saturated carbocycles. The summed E-state index contributed by atoms with van der Waals surface area (Å²) in [5, 5.41) is 32.8. The van der Waals surface area contributed by atoms with Crippen molar-refractivity contribution < 1.29 is 0 Å². The Bertz CT molecular complexity index is 5270.